The molecule has 1 nitrogen and oxygen atoms in total. The van der Waals surface area contributed by atoms with Crippen LogP contribution in [0.1, 0.15) is 17.4 Å². The van der Waals surface area contributed by atoms with Crippen LogP contribution >= 0.6 is 11.6 Å². The van der Waals surface area contributed by atoms with Gasteiger partial charge < -0.3 is 4.90 Å². The lowest BCUT2D eigenvalue weighted by Crippen LogP contribution is -2.14. The van der Waals surface area contributed by atoms with Gasteiger partial charge in [0.1, 0.15) is 5.82 Å². The maximum atomic E-state index is 13.3. The van der Waals surface area contributed by atoms with E-state index in [4.69, 9.17) is 11.6 Å². The van der Waals surface area contributed by atoms with E-state index in [0.717, 1.165) is 13.0 Å². The smallest absolute Gasteiger partial charge is 0.127 e. The van der Waals surface area contributed by atoms with E-state index < -0.39 is 0 Å². The lowest BCUT2D eigenvalue weighted by atomic mass is 10.1. The Morgan fingerprint density at radius 1 is 1.36 bits per heavy atom. The number of benzene rings is 1. The van der Waals surface area contributed by atoms with Crippen molar-refractivity contribution in [1.82, 2.24) is 4.90 Å². The molecule has 0 spiro atoms. The minimum Gasteiger partial charge on any atom is -0.309 e. The molecule has 0 bridgehead atoms. The number of hydrogen-bond donors (Lipinski definition) is 0. The molecule has 0 saturated carbocycles. The van der Waals surface area contributed by atoms with Gasteiger partial charge >= 0.3 is 0 Å². The Balaban J connectivity index is 2.60. The summed E-state index contributed by atoms with van der Waals surface area (Å²) in [6.45, 7) is 0.864. The fourth-order valence-electron chi connectivity index (χ4n) is 1.26. The first-order chi connectivity index (χ1) is 6.61. The second-order valence-corrected chi connectivity index (χ2v) is 4.11. The maximum Gasteiger partial charge on any atom is 0.127 e. The van der Waals surface area contributed by atoms with E-state index in [0.29, 0.717) is 5.56 Å². The van der Waals surface area contributed by atoms with Gasteiger partial charge in [-0.25, -0.2) is 4.39 Å². The maximum absolute atomic E-state index is 13.3. The van der Waals surface area contributed by atoms with Gasteiger partial charge in [0.2, 0.25) is 0 Å². The van der Waals surface area contributed by atoms with E-state index in [1.165, 1.54) is 6.07 Å². The van der Waals surface area contributed by atoms with E-state index in [1.807, 2.05) is 25.1 Å². The molecule has 1 aromatic rings. The van der Waals surface area contributed by atoms with Crippen LogP contribution in [0.3, 0.4) is 0 Å². The Hall–Kier alpha value is -0.600. The first kappa shape index (κ1) is 11.5. The van der Waals surface area contributed by atoms with Gasteiger partial charge in [-0.05, 0) is 33.1 Å². The van der Waals surface area contributed by atoms with Crippen LogP contribution < -0.4 is 0 Å². The summed E-state index contributed by atoms with van der Waals surface area (Å²) in [5.74, 6) is -0.216. The van der Waals surface area contributed by atoms with Crippen LogP contribution in [0.4, 0.5) is 4.39 Å². The predicted molar refractivity (Wildman–Crippen MR) is 58.2 cm³/mol. The van der Waals surface area contributed by atoms with Gasteiger partial charge in [-0.2, -0.15) is 0 Å². The third kappa shape index (κ3) is 3.28. The predicted octanol–water partition coefficient (Wildman–Crippen LogP) is 3.06. The Kier molecular flexibility index (Phi) is 4.36. The zero-order valence-corrected chi connectivity index (χ0v) is 9.26. The third-order valence-electron chi connectivity index (χ3n) is 2.07. The molecule has 1 aromatic carbocycles. The Morgan fingerprint density at radius 3 is 2.57 bits per heavy atom. The lowest BCUT2D eigenvalue weighted by Gasteiger charge is -2.14. The van der Waals surface area contributed by atoms with Crippen LogP contribution in [-0.4, -0.2) is 25.5 Å². The number of hydrogen-bond acceptors (Lipinski definition) is 1. The summed E-state index contributed by atoms with van der Waals surface area (Å²) in [6, 6.07) is 6.67. The Bertz CT molecular complexity index is 288. The van der Waals surface area contributed by atoms with Crippen molar-refractivity contribution in [3.05, 3.63) is 35.6 Å². The molecule has 0 saturated heterocycles. The summed E-state index contributed by atoms with van der Waals surface area (Å²) in [7, 11) is 3.95. The van der Waals surface area contributed by atoms with E-state index >= 15 is 0 Å². The highest BCUT2D eigenvalue weighted by molar-refractivity contribution is 6.20. The SMILES string of the molecule is CN(C)CCC(Cl)c1ccccc1F. The van der Waals surface area contributed by atoms with Crippen LogP contribution in [0.5, 0.6) is 0 Å². The Morgan fingerprint density at radius 2 is 2.00 bits per heavy atom. The van der Waals surface area contributed by atoms with Crippen LogP contribution in [-0.2, 0) is 0 Å². The second-order valence-electron chi connectivity index (χ2n) is 3.58. The molecule has 0 fully saturated rings. The summed E-state index contributed by atoms with van der Waals surface area (Å²) in [5.41, 5.74) is 0.594. The number of rotatable bonds is 4. The molecule has 0 aliphatic carbocycles. The minimum atomic E-state index is -0.237. The van der Waals surface area contributed by atoms with Crippen molar-refractivity contribution < 1.29 is 4.39 Å². The van der Waals surface area contributed by atoms with E-state index in [2.05, 4.69) is 0 Å². The normalized spacial score (nSPS) is 13.2. The molecule has 0 aliphatic rings. The molecule has 0 aromatic heterocycles. The molecule has 0 heterocycles. The highest BCUT2D eigenvalue weighted by atomic mass is 35.5. The standard InChI is InChI=1S/C11H15ClFN/c1-14(2)8-7-10(12)9-5-3-4-6-11(9)13/h3-6,10H,7-8H2,1-2H3. The van der Waals surface area contributed by atoms with Crippen molar-refractivity contribution in [2.75, 3.05) is 20.6 Å². The summed E-state index contributed by atoms with van der Waals surface area (Å²) in [4.78, 5) is 2.04. The second kappa shape index (κ2) is 5.32. The molecule has 0 N–H and O–H groups in total. The monoisotopic (exact) mass is 215 g/mol. The number of halogens is 2. The zero-order valence-electron chi connectivity index (χ0n) is 8.50. The van der Waals surface area contributed by atoms with Crippen molar-refractivity contribution in [1.29, 1.82) is 0 Å². The first-order valence-electron chi connectivity index (χ1n) is 4.64. The van der Waals surface area contributed by atoms with Gasteiger partial charge in [-0.3, -0.25) is 0 Å². The first-order valence-corrected chi connectivity index (χ1v) is 5.08. The fourth-order valence-corrected chi connectivity index (χ4v) is 1.53. The minimum absolute atomic E-state index is 0.216. The number of alkyl halides is 1. The lowest BCUT2D eigenvalue weighted by molar-refractivity contribution is 0.396. The molecule has 0 aliphatic heterocycles. The van der Waals surface area contributed by atoms with Crippen molar-refractivity contribution >= 4 is 11.6 Å². The third-order valence-corrected chi connectivity index (χ3v) is 2.53. The summed E-state index contributed by atoms with van der Waals surface area (Å²) >= 11 is 6.09. The van der Waals surface area contributed by atoms with E-state index in [9.17, 15) is 4.39 Å². The van der Waals surface area contributed by atoms with Crippen LogP contribution in [0.25, 0.3) is 0 Å². The van der Waals surface area contributed by atoms with Gasteiger partial charge in [0.05, 0.1) is 5.38 Å². The molecule has 1 rings (SSSR count). The van der Waals surface area contributed by atoms with Gasteiger partial charge in [-0.15, -0.1) is 11.6 Å². The average molecular weight is 216 g/mol. The van der Waals surface area contributed by atoms with Crippen LogP contribution in [0.15, 0.2) is 24.3 Å². The molecular formula is C11H15ClFN. The molecule has 78 valence electrons. The van der Waals surface area contributed by atoms with E-state index in [1.54, 1.807) is 12.1 Å². The average Bonchev–Trinajstić information content (AvgIpc) is 2.15. The Labute approximate surface area is 89.5 Å². The van der Waals surface area contributed by atoms with Gasteiger partial charge in [0.25, 0.3) is 0 Å². The van der Waals surface area contributed by atoms with Crippen LogP contribution in [0.2, 0.25) is 0 Å². The van der Waals surface area contributed by atoms with Gasteiger partial charge in [-0.1, -0.05) is 18.2 Å². The highest BCUT2D eigenvalue weighted by Crippen LogP contribution is 2.26. The van der Waals surface area contributed by atoms with Crippen molar-refractivity contribution in [2.45, 2.75) is 11.8 Å². The molecule has 1 atom stereocenters. The molecule has 3 heteroatoms. The molecule has 0 amide bonds. The zero-order chi connectivity index (χ0) is 10.6. The fraction of sp³-hybridized carbons (Fsp3) is 0.455. The summed E-state index contributed by atoms with van der Waals surface area (Å²) < 4.78 is 13.3. The topological polar surface area (TPSA) is 3.24 Å². The quantitative estimate of drug-likeness (QED) is 0.698. The largest absolute Gasteiger partial charge is 0.309 e. The highest BCUT2D eigenvalue weighted by Gasteiger charge is 2.11. The molecule has 0 radical (unpaired) electrons. The summed E-state index contributed by atoms with van der Waals surface area (Å²) in [6.07, 6.45) is 0.759. The number of nitrogens with zero attached hydrogens (tertiary/aromatic N) is 1. The van der Waals surface area contributed by atoms with Crippen LogP contribution in [0, 0.1) is 5.82 Å². The van der Waals surface area contributed by atoms with Gasteiger partial charge in [0.15, 0.2) is 0 Å². The van der Waals surface area contributed by atoms with Crippen molar-refractivity contribution in [2.24, 2.45) is 0 Å². The van der Waals surface area contributed by atoms with E-state index in [-0.39, 0.29) is 11.2 Å². The molecule has 14 heavy (non-hydrogen) atoms. The van der Waals surface area contributed by atoms with Gasteiger partial charge in [0, 0.05) is 5.56 Å². The van der Waals surface area contributed by atoms with Crippen molar-refractivity contribution in [3.8, 4) is 0 Å². The molecule has 1 unspecified atom stereocenters. The summed E-state index contributed by atoms with van der Waals surface area (Å²) in [5, 5.41) is -0.237. The molecular weight excluding hydrogens is 201 g/mol. The van der Waals surface area contributed by atoms with Crippen molar-refractivity contribution in [3.63, 3.8) is 0 Å².